The molecule has 3 heterocycles. The van der Waals surface area contributed by atoms with Gasteiger partial charge in [-0.1, -0.05) is 36.4 Å². The Kier molecular flexibility index (Phi) is 4.01. The Morgan fingerprint density at radius 3 is 2.83 bits per heavy atom. The molecule has 1 fully saturated rings. The summed E-state index contributed by atoms with van der Waals surface area (Å²) >= 11 is 0. The van der Waals surface area contributed by atoms with Crippen LogP contribution in [-0.2, 0) is 6.54 Å². The molecule has 122 valence electrons. The van der Waals surface area contributed by atoms with Gasteiger partial charge in [-0.15, -0.1) is 0 Å². The van der Waals surface area contributed by atoms with Crippen LogP contribution in [-0.4, -0.2) is 33.4 Å². The maximum Gasteiger partial charge on any atom is 0.259 e. The number of anilines is 1. The summed E-state index contributed by atoms with van der Waals surface area (Å²) in [5.74, 6) is 0.665. The van der Waals surface area contributed by atoms with Crippen molar-refractivity contribution >= 4 is 11.5 Å². The first kappa shape index (κ1) is 14.9. The number of nitrogens with zero attached hydrogens (tertiary/aromatic N) is 3. The van der Waals surface area contributed by atoms with Crippen molar-refractivity contribution in [3.05, 3.63) is 76.7 Å². The molecule has 0 amide bonds. The van der Waals surface area contributed by atoms with Gasteiger partial charge in [0.1, 0.15) is 11.5 Å². The number of benzene rings is 1. The van der Waals surface area contributed by atoms with E-state index in [1.54, 1.807) is 16.7 Å². The van der Waals surface area contributed by atoms with Crippen LogP contribution in [0.2, 0.25) is 0 Å². The predicted octanol–water partition coefficient (Wildman–Crippen LogP) is 2.38. The number of hydrogen-bond acceptors (Lipinski definition) is 4. The summed E-state index contributed by atoms with van der Waals surface area (Å²) in [5.41, 5.74) is 1.95. The first-order chi connectivity index (χ1) is 11.8. The number of likely N-dealkylation sites (tertiary alicyclic amines) is 1. The maximum atomic E-state index is 12.2. The van der Waals surface area contributed by atoms with E-state index in [1.165, 1.54) is 5.56 Å². The van der Waals surface area contributed by atoms with Gasteiger partial charge < -0.3 is 5.32 Å². The van der Waals surface area contributed by atoms with Crippen LogP contribution in [0.1, 0.15) is 12.0 Å². The Labute approximate surface area is 140 Å². The molecule has 1 aliphatic rings. The normalized spacial score (nSPS) is 18.1. The number of rotatable bonds is 4. The first-order valence-electron chi connectivity index (χ1n) is 8.29. The van der Waals surface area contributed by atoms with Crippen LogP contribution >= 0.6 is 0 Å². The monoisotopic (exact) mass is 320 g/mol. The summed E-state index contributed by atoms with van der Waals surface area (Å²) in [6, 6.07) is 18.0. The molecule has 1 unspecified atom stereocenters. The van der Waals surface area contributed by atoms with E-state index in [-0.39, 0.29) is 5.56 Å². The third-order valence-electron chi connectivity index (χ3n) is 4.44. The van der Waals surface area contributed by atoms with E-state index in [0.717, 1.165) is 26.1 Å². The topological polar surface area (TPSA) is 49.6 Å². The fourth-order valence-electron chi connectivity index (χ4n) is 3.27. The summed E-state index contributed by atoms with van der Waals surface area (Å²) in [7, 11) is 0. The summed E-state index contributed by atoms with van der Waals surface area (Å²) in [5, 5.41) is 3.42. The van der Waals surface area contributed by atoms with Gasteiger partial charge in [-0.25, -0.2) is 4.98 Å². The first-order valence-corrected chi connectivity index (χ1v) is 8.29. The zero-order chi connectivity index (χ0) is 16.4. The van der Waals surface area contributed by atoms with E-state index < -0.39 is 0 Å². The lowest BCUT2D eigenvalue weighted by molar-refractivity contribution is 0.328. The molecule has 1 aromatic carbocycles. The van der Waals surface area contributed by atoms with Crippen molar-refractivity contribution in [3.8, 4) is 0 Å². The van der Waals surface area contributed by atoms with Crippen LogP contribution in [0.25, 0.3) is 5.65 Å². The lowest BCUT2D eigenvalue weighted by Gasteiger charge is -2.17. The van der Waals surface area contributed by atoms with Crippen molar-refractivity contribution in [3.63, 3.8) is 0 Å². The molecule has 4 rings (SSSR count). The number of hydrogen-bond donors (Lipinski definition) is 1. The van der Waals surface area contributed by atoms with Crippen molar-refractivity contribution in [2.45, 2.75) is 19.0 Å². The second kappa shape index (κ2) is 6.45. The second-order valence-electron chi connectivity index (χ2n) is 6.26. The summed E-state index contributed by atoms with van der Waals surface area (Å²) < 4.78 is 1.56. The molecule has 0 saturated carbocycles. The molecule has 0 aliphatic carbocycles. The standard InChI is InChI=1S/C19H20N4O/c24-19-12-17(21-18-8-4-5-10-23(18)19)20-16-9-11-22(14-16)13-15-6-2-1-3-7-15/h1-8,10,12,16,20H,9,11,13-14H2. The molecule has 24 heavy (non-hydrogen) atoms. The van der Waals surface area contributed by atoms with Crippen LogP contribution in [0.4, 0.5) is 5.82 Å². The zero-order valence-electron chi connectivity index (χ0n) is 13.4. The van der Waals surface area contributed by atoms with Crippen molar-refractivity contribution in [2.24, 2.45) is 0 Å². The van der Waals surface area contributed by atoms with Crippen molar-refractivity contribution in [1.29, 1.82) is 0 Å². The smallest absolute Gasteiger partial charge is 0.259 e. The quantitative estimate of drug-likeness (QED) is 0.802. The SMILES string of the molecule is O=c1cc(NC2CCN(Cc3ccccc3)C2)nc2ccccn12. The van der Waals surface area contributed by atoms with E-state index in [1.807, 2.05) is 24.3 Å². The molecule has 1 saturated heterocycles. The molecule has 1 aliphatic heterocycles. The van der Waals surface area contributed by atoms with Gasteiger partial charge in [-0.2, -0.15) is 0 Å². The highest BCUT2D eigenvalue weighted by atomic mass is 16.1. The number of aromatic nitrogens is 2. The van der Waals surface area contributed by atoms with Gasteiger partial charge in [0, 0.05) is 37.9 Å². The third kappa shape index (κ3) is 3.16. The third-order valence-corrected chi connectivity index (χ3v) is 4.44. The van der Waals surface area contributed by atoms with Crippen molar-refractivity contribution in [1.82, 2.24) is 14.3 Å². The van der Waals surface area contributed by atoms with Crippen LogP contribution in [0.15, 0.2) is 65.6 Å². The van der Waals surface area contributed by atoms with Crippen LogP contribution in [0.3, 0.4) is 0 Å². The average molecular weight is 320 g/mol. The minimum Gasteiger partial charge on any atom is -0.366 e. The van der Waals surface area contributed by atoms with Gasteiger partial charge in [-0.05, 0) is 24.1 Å². The number of fused-ring (bicyclic) bond motifs is 1. The van der Waals surface area contributed by atoms with Gasteiger partial charge in [0.05, 0.1) is 0 Å². The number of pyridine rings is 1. The molecular weight excluding hydrogens is 300 g/mol. The molecule has 5 nitrogen and oxygen atoms in total. The van der Waals surface area contributed by atoms with Crippen LogP contribution in [0, 0.1) is 0 Å². The Morgan fingerprint density at radius 1 is 1.12 bits per heavy atom. The highest BCUT2D eigenvalue weighted by Gasteiger charge is 2.22. The van der Waals surface area contributed by atoms with Gasteiger partial charge in [0.2, 0.25) is 0 Å². The fourth-order valence-corrected chi connectivity index (χ4v) is 3.27. The minimum absolute atomic E-state index is 0.0535. The lowest BCUT2D eigenvalue weighted by atomic mass is 10.2. The molecule has 2 aromatic heterocycles. The summed E-state index contributed by atoms with van der Waals surface area (Å²) in [4.78, 5) is 19.1. The molecular formula is C19H20N4O. The van der Waals surface area contributed by atoms with E-state index in [4.69, 9.17) is 0 Å². The Balaban J connectivity index is 1.44. The average Bonchev–Trinajstić information content (AvgIpc) is 3.03. The van der Waals surface area contributed by atoms with E-state index in [2.05, 4.69) is 39.5 Å². The largest absolute Gasteiger partial charge is 0.366 e. The molecule has 1 atom stereocenters. The molecule has 0 spiro atoms. The van der Waals surface area contributed by atoms with Crippen molar-refractivity contribution in [2.75, 3.05) is 18.4 Å². The zero-order valence-corrected chi connectivity index (χ0v) is 13.4. The lowest BCUT2D eigenvalue weighted by Crippen LogP contribution is -2.27. The van der Waals surface area contributed by atoms with Gasteiger partial charge in [-0.3, -0.25) is 14.1 Å². The highest BCUT2D eigenvalue weighted by Crippen LogP contribution is 2.16. The predicted molar refractivity (Wildman–Crippen MR) is 95.2 cm³/mol. The van der Waals surface area contributed by atoms with E-state index in [9.17, 15) is 4.79 Å². The molecule has 1 N–H and O–H groups in total. The number of nitrogens with one attached hydrogen (secondary N) is 1. The maximum absolute atomic E-state index is 12.2. The second-order valence-corrected chi connectivity index (χ2v) is 6.26. The Hall–Kier alpha value is -2.66. The van der Waals surface area contributed by atoms with Crippen LogP contribution < -0.4 is 10.9 Å². The van der Waals surface area contributed by atoms with Gasteiger partial charge in [0.25, 0.3) is 5.56 Å². The molecule has 0 radical (unpaired) electrons. The summed E-state index contributed by atoms with van der Waals surface area (Å²) in [6.07, 6.45) is 2.80. The molecule has 0 bridgehead atoms. The highest BCUT2D eigenvalue weighted by molar-refractivity contribution is 5.46. The van der Waals surface area contributed by atoms with E-state index >= 15 is 0 Å². The molecule has 5 heteroatoms. The summed E-state index contributed by atoms with van der Waals surface area (Å²) in [6.45, 7) is 2.98. The minimum atomic E-state index is -0.0535. The van der Waals surface area contributed by atoms with E-state index in [0.29, 0.717) is 17.5 Å². The van der Waals surface area contributed by atoms with Crippen molar-refractivity contribution < 1.29 is 0 Å². The van der Waals surface area contributed by atoms with Gasteiger partial charge in [0.15, 0.2) is 0 Å². The Bertz CT molecular complexity index is 891. The Morgan fingerprint density at radius 2 is 1.96 bits per heavy atom. The van der Waals surface area contributed by atoms with Crippen LogP contribution in [0.5, 0.6) is 0 Å². The fraction of sp³-hybridized carbons (Fsp3) is 0.263. The molecule has 3 aromatic rings. The van der Waals surface area contributed by atoms with Gasteiger partial charge >= 0.3 is 0 Å².